The average molecular weight is 246 g/mol. The molecule has 3 nitrogen and oxygen atoms in total. The molecule has 1 saturated carbocycles. The van der Waals surface area contributed by atoms with Gasteiger partial charge in [0.2, 0.25) is 0 Å². The van der Waals surface area contributed by atoms with Gasteiger partial charge in [-0.05, 0) is 30.5 Å². The number of nitrogens with zero attached hydrogens (tertiary/aromatic N) is 1. The number of nitrogens with two attached hydrogens (primary N) is 1. The van der Waals surface area contributed by atoms with Gasteiger partial charge in [0.25, 0.3) is 0 Å². The predicted octanol–water partition coefficient (Wildman–Crippen LogP) is 3.72. The Balaban J connectivity index is 2.04. The summed E-state index contributed by atoms with van der Waals surface area (Å²) in [5, 5.41) is 3.87. The Morgan fingerprint density at radius 2 is 1.83 bits per heavy atom. The van der Waals surface area contributed by atoms with Gasteiger partial charge in [0.05, 0.1) is 5.56 Å². The molecule has 1 aliphatic carbocycles. The minimum atomic E-state index is -0.254. The van der Waals surface area contributed by atoms with Crippen LogP contribution in [-0.2, 0) is 0 Å². The summed E-state index contributed by atoms with van der Waals surface area (Å²) >= 11 is 0. The van der Waals surface area contributed by atoms with Crippen molar-refractivity contribution in [2.24, 2.45) is 0 Å². The molecule has 1 aromatic carbocycles. The lowest BCUT2D eigenvalue weighted by Crippen LogP contribution is -1.95. The summed E-state index contributed by atoms with van der Waals surface area (Å²) in [5.74, 6) is 1.39. The molecule has 0 bridgehead atoms. The molecule has 0 atom stereocenters. The molecule has 18 heavy (non-hydrogen) atoms. The topological polar surface area (TPSA) is 52.0 Å². The number of anilines is 1. The van der Waals surface area contributed by atoms with E-state index >= 15 is 0 Å². The van der Waals surface area contributed by atoms with Crippen LogP contribution in [0.5, 0.6) is 0 Å². The number of nitrogen functional groups attached to an aromatic ring is 1. The Hall–Kier alpha value is -1.84. The van der Waals surface area contributed by atoms with E-state index in [0.717, 1.165) is 29.7 Å². The van der Waals surface area contributed by atoms with Crippen molar-refractivity contribution in [1.82, 2.24) is 5.16 Å². The smallest absolute Gasteiger partial charge is 0.175 e. The molecule has 1 aromatic heterocycles. The molecule has 0 saturated heterocycles. The number of aromatic nitrogens is 1. The van der Waals surface area contributed by atoms with Gasteiger partial charge in [-0.1, -0.05) is 30.1 Å². The molecule has 2 aromatic rings. The highest BCUT2D eigenvalue weighted by Gasteiger charge is 2.26. The highest BCUT2D eigenvalue weighted by Crippen LogP contribution is 2.41. The fourth-order valence-electron chi connectivity index (χ4n) is 2.69. The van der Waals surface area contributed by atoms with E-state index in [1.165, 1.54) is 25.0 Å². The van der Waals surface area contributed by atoms with Gasteiger partial charge in [0, 0.05) is 5.92 Å². The molecular weight excluding hydrogens is 231 g/mol. The largest absolute Gasteiger partial charge is 0.380 e. The molecule has 0 unspecified atom stereocenters. The third kappa shape index (κ3) is 1.88. The van der Waals surface area contributed by atoms with Crippen LogP contribution in [0.2, 0.25) is 0 Å². The Morgan fingerprint density at radius 1 is 1.17 bits per heavy atom. The molecule has 1 heterocycles. The van der Waals surface area contributed by atoms with E-state index in [0.29, 0.717) is 11.7 Å². The second-order valence-corrected chi connectivity index (χ2v) is 4.80. The molecule has 0 spiro atoms. The van der Waals surface area contributed by atoms with E-state index in [9.17, 15) is 4.39 Å². The van der Waals surface area contributed by atoms with Gasteiger partial charge in [0.1, 0.15) is 11.6 Å². The van der Waals surface area contributed by atoms with Gasteiger partial charge in [-0.25, -0.2) is 4.39 Å². The van der Waals surface area contributed by atoms with Gasteiger partial charge in [-0.15, -0.1) is 0 Å². The van der Waals surface area contributed by atoms with Crippen molar-refractivity contribution in [3.63, 3.8) is 0 Å². The van der Waals surface area contributed by atoms with E-state index in [1.54, 1.807) is 12.1 Å². The maximum Gasteiger partial charge on any atom is 0.175 e. The summed E-state index contributed by atoms with van der Waals surface area (Å²) in [7, 11) is 0. The molecule has 2 N–H and O–H groups in total. The van der Waals surface area contributed by atoms with Crippen LogP contribution in [-0.4, -0.2) is 5.16 Å². The minimum absolute atomic E-state index is 0.254. The van der Waals surface area contributed by atoms with Crippen molar-refractivity contribution in [3.05, 3.63) is 35.8 Å². The normalized spacial score (nSPS) is 16.3. The summed E-state index contributed by atoms with van der Waals surface area (Å²) in [4.78, 5) is 0. The lowest BCUT2D eigenvalue weighted by molar-refractivity contribution is 0.363. The lowest BCUT2D eigenvalue weighted by Gasteiger charge is -2.07. The number of rotatable bonds is 2. The van der Waals surface area contributed by atoms with Crippen molar-refractivity contribution in [2.75, 3.05) is 5.73 Å². The molecule has 1 aliphatic rings. The maximum absolute atomic E-state index is 13.0. The van der Waals surface area contributed by atoms with Crippen LogP contribution in [0.15, 0.2) is 28.8 Å². The van der Waals surface area contributed by atoms with Crippen LogP contribution in [0.25, 0.3) is 11.1 Å². The Morgan fingerprint density at radius 3 is 2.50 bits per heavy atom. The maximum atomic E-state index is 13.0. The highest BCUT2D eigenvalue weighted by atomic mass is 19.1. The zero-order valence-electron chi connectivity index (χ0n) is 10.0. The van der Waals surface area contributed by atoms with Gasteiger partial charge < -0.3 is 10.3 Å². The van der Waals surface area contributed by atoms with Gasteiger partial charge in [-0.2, -0.15) is 0 Å². The lowest BCUT2D eigenvalue weighted by atomic mass is 9.96. The third-order valence-corrected chi connectivity index (χ3v) is 3.60. The monoisotopic (exact) mass is 246 g/mol. The van der Waals surface area contributed by atoms with Gasteiger partial charge in [0.15, 0.2) is 5.82 Å². The second kappa shape index (κ2) is 4.44. The molecular formula is C14H15FN2O. The van der Waals surface area contributed by atoms with E-state index in [1.807, 2.05) is 0 Å². The molecule has 0 aliphatic heterocycles. The zero-order valence-corrected chi connectivity index (χ0v) is 10.0. The summed E-state index contributed by atoms with van der Waals surface area (Å²) in [5.41, 5.74) is 7.59. The second-order valence-electron chi connectivity index (χ2n) is 4.80. The first-order valence-corrected chi connectivity index (χ1v) is 6.26. The molecule has 3 rings (SSSR count). The molecule has 94 valence electrons. The van der Waals surface area contributed by atoms with Crippen LogP contribution in [0.3, 0.4) is 0 Å². The first kappa shape index (κ1) is 11.3. The molecule has 0 amide bonds. The summed E-state index contributed by atoms with van der Waals surface area (Å²) in [6.07, 6.45) is 4.66. The van der Waals surface area contributed by atoms with Crippen molar-refractivity contribution in [1.29, 1.82) is 0 Å². The van der Waals surface area contributed by atoms with Gasteiger partial charge >= 0.3 is 0 Å². The zero-order chi connectivity index (χ0) is 12.5. The SMILES string of the molecule is Nc1noc(C2CCCC2)c1-c1ccc(F)cc1. The first-order valence-electron chi connectivity index (χ1n) is 6.26. The quantitative estimate of drug-likeness (QED) is 0.878. The Kier molecular flexibility index (Phi) is 2.78. The van der Waals surface area contributed by atoms with Crippen LogP contribution in [0.4, 0.5) is 10.2 Å². The summed E-state index contributed by atoms with van der Waals surface area (Å²) in [6, 6.07) is 6.30. The van der Waals surface area contributed by atoms with E-state index in [4.69, 9.17) is 10.3 Å². The Labute approximate surface area is 105 Å². The van der Waals surface area contributed by atoms with Crippen molar-refractivity contribution in [2.45, 2.75) is 31.6 Å². The number of benzene rings is 1. The standard InChI is InChI=1S/C14H15FN2O/c15-11-7-5-9(6-8-11)12-13(18-17-14(12)16)10-3-1-2-4-10/h5-8,10H,1-4H2,(H2,16,17). The fourth-order valence-corrected chi connectivity index (χ4v) is 2.69. The van der Waals surface area contributed by atoms with Crippen LogP contribution >= 0.6 is 0 Å². The number of halogens is 1. The molecule has 0 radical (unpaired) electrons. The summed E-state index contributed by atoms with van der Waals surface area (Å²) in [6.45, 7) is 0. The highest BCUT2D eigenvalue weighted by molar-refractivity contribution is 5.75. The van der Waals surface area contributed by atoms with Crippen LogP contribution < -0.4 is 5.73 Å². The van der Waals surface area contributed by atoms with E-state index in [-0.39, 0.29) is 5.82 Å². The summed E-state index contributed by atoms with van der Waals surface area (Å²) < 4.78 is 18.4. The van der Waals surface area contributed by atoms with E-state index < -0.39 is 0 Å². The minimum Gasteiger partial charge on any atom is -0.380 e. The van der Waals surface area contributed by atoms with E-state index in [2.05, 4.69) is 5.16 Å². The first-order chi connectivity index (χ1) is 8.75. The van der Waals surface area contributed by atoms with Crippen LogP contribution in [0, 0.1) is 5.82 Å². The van der Waals surface area contributed by atoms with Crippen molar-refractivity contribution < 1.29 is 8.91 Å². The fraction of sp³-hybridized carbons (Fsp3) is 0.357. The van der Waals surface area contributed by atoms with Crippen molar-refractivity contribution >= 4 is 5.82 Å². The molecule has 4 heteroatoms. The third-order valence-electron chi connectivity index (χ3n) is 3.60. The van der Waals surface area contributed by atoms with Crippen molar-refractivity contribution in [3.8, 4) is 11.1 Å². The van der Waals surface area contributed by atoms with Crippen LogP contribution in [0.1, 0.15) is 37.4 Å². The van der Waals surface area contributed by atoms with Gasteiger partial charge in [-0.3, -0.25) is 0 Å². The predicted molar refractivity (Wildman–Crippen MR) is 67.5 cm³/mol. The average Bonchev–Trinajstić information content (AvgIpc) is 2.99. The number of hydrogen-bond donors (Lipinski definition) is 1. The number of hydrogen-bond acceptors (Lipinski definition) is 3. The molecule has 1 fully saturated rings. The Bertz CT molecular complexity index is 541.